The lowest BCUT2D eigenvalue weighted by Gasteiger charge is -2.17. The number of hydrogen-bond donors (Lipinski definition) is 1. The first-order chi connectivity index (χ1) is 5.91. The molecule has 0 spiro atoms. The van der Waals surface area contributed by atoms with Crippen LogP contribution in [-0.2, 0) is 5.60 Å². The molecule has 0 unspecified atom stereocenters. The normalized spacial score (nSPS) is 12.2. The fraction of sp³-hybridized carbons (Fsp3) is 0.545. The predicted octanol–water partition coefficient (Wildman–Crippen LogP) is 2.43. The van der Waals surface area contributed by atoms with Crippen molar-refractivity contribution in [2.24, 2.45) is 0 Å². The van der Waals surface area contributed by atoms with E-state index in [1.807, 2.05) is 12.1 Å². The third-order valence-electron chi connectivity index (χ3n) is 2.08. The molecule has 0 saturated heterocycles. The summed E-state index contributed by atoms with van der Waals surface area (Å²) in [6.45, 7) is 7.76. The van der Waals surface area contributed by atoms with Gasteiger partial charge in [0.05, 0.1) is 5.69 Å². The van der Waals surface area contributed by atoms with Crippen molar-refractivity contribution in [3.05, 3.63) is 29.6 Å². The molecule has 1 heterocycles. The number of aromatic nitrogens is 1. The van der Waals surface area contributed by atoms with Crippen LogP contribution in [0.1, 0.15) is 44.9 Å². The van der Waals surface area contributed by atoms with E-state index in [0.717, 1.165) is 5.69 Å². The SMILES string of the molecule is CC(C)c1ccnc(C(C)(C)O)c1. The van der Waals surface area contributed by atoms with Gasteiger partial charge in [0.15, 0.2) is 0 Å². The zero-order chi connectivity index (χ0) is 10.1. The molecule has 0 bridgehead atoms. The summed E-state index contributed by atoms with van der Waals surface area (Å²) in [5.74, 6) is 0.476. The van der Waals surface area contributed by atoms with Crippen LogP contribution in [0.5, 0.6) is 0 Å². The second-order valence-electron chi connectivity index (χ2n) is 4.19. The van der Waals surface area contributed by atoms with Gasteiger partial charge in [-0.1, -0.05) is 13.8 Å². The molecular formula is C11H17NO. The van der Waals surface area contributed by atoms with Crippen LogP contribution in [0, 0.1) is 0 Å². The van der Waals surface area contributed by atoms with Gasteiger partial charge in [-0.15, -0.1) is 0 Å². The van der Waals surface area contributed by atoms with Crippen LogP contribution in [0.4, 0.5) is 0 Å². The Balaban J connectivity index is 3.06. The van der Waals surface area contributed by atoms with Gasteiger partial charge < -0.3 is 5.11 Å². The zero-order valence-electron chi connectivity index (χ0n) is 8.70. The minimum Gasteiger partial charge on any atom is -0.384 e. The van der Waals surface area contributed by atoms with Crippen molar-refractivity contribution in [1.29, 1.82) is 0 Å². The van der Waals surface area contributed by atoms with Crippen LogP contribution in [-0.4, -0.2) is 10.1 Å². The molecule has 72 valence electrons. The van der Waals surface area contributed by atoms with E-state index in [4.69, 9.17) is 0 Å². The molecule has 2 nitrogen and oxygen atoms in total. The summed E-state index contributed by atoms with van der Waals surface area (Å²) in [5.41, 5.74) is 1.11. The van der Waals surface area contributed by atoms with Crippen molar-refractivity contribution in [2.75, 3.05) is 0 Å². The van der Waals surface area contributed by atoms with Gasteiger partial charge in [-0.25, -0.2) is 0 Å². The van der Waals surface area contributed by atoms with Gasteiger partial charge in [0.25, 0.3) is 0 Å². The molecule has 0 radical (unpaired) electrons. The Morgan fingerprint density at radius 3 is 2.46 bits per heavy atom. The first-order valence-corrected chi connectivity index (χ1v) is 4.60. The fourth-order valence-corrected chi connectivity index (χ4v) is 1.14. The Bertz CT molecular complexity index is 286. The second-order valence-corrected chi connectivity index (χ2v) is 4.19. The number of aliphatic hydroxyl groups is 1. The third kappa shape index (κ3) is 2.52. The van der Waals surface area contributed by atoms with E-state index in [9.17, 15) is 5.11 Å². The third-order valence-corrected chi connectivity index (χ3v) is 2.08. The highest BCUT2D eigenvalue weighted by atomic mass is 16.3. The van der Waals surface area contributed by atoms with Crippen LogP contribution in [0.3, 0.4) is 0 Å². The Morgan fingerprint density at radius 2 is 2.00 bits per heavy atom. The van der Waals surface area contributed by atoms with Crippen LogP contribution in [0.15, 0.2) is 18.3 Å². The van der Waals surface area contributed by atoms with E-state index in [0.29, 0.717) is 5.92 Å². The number of rotatable bonds is 2. The molecular weight excluding hydrogens is 162 g/mol. The van der Waals surface area contributed by atoms with Crippen LogP contribution >= 0.6 is 0 Å². The van der Waals surface area contributed by atoms with Gasteiger partial charge >= 0.3 is 0 Å². The molecule has 1 aromatic rings. The molecule has 0 aliphatic heterocycles. The molecule has 0 saturated carbocycles. The summed E-state index contributed by atoms with van der Waals surface area (Å²) in [5, 5.41) is 9.73. The van der Waals surface area contributed by atoms with Gasteiger partial charge in [-0.3, -0.25) is 4.98 Å². The maximum atomic E-state index is 9.73. The molecule has 1 rings (SSSR count). The van der Waals surface area contributed by atoms with E-state index in [-0.39, 0.29) is 0 Å². The highest BCUT2D eigenvalue weighted by molar-refractivity contribution is 5.22. The summed E-state index contributed by atoms with van der Waals surface area (Å²) >= 11 is 0. The Kier molecular flexibility index (Phi) is 2.71. The van der Waals surface area contributed by atoms with Crippen LogP contribution < -0.4 is 0 Å². The molecule has 1 N–H and O–H groups in total. The summed E-state index contributed by atoms with van der Waals surface area (Å²) in [6.07, 6.45) is 1.75. The summed E-state index contributed by atoms with van der Waals surface area (Å²) < 4.78 is 0. The van der Waals surface area contributed by atoms with Crippen molar-refractivity contribution in [3.63, 3.8) is 0 Å². The molecule has 0 fully saturated rings. The van der Waals surface area contributed by atoms with Gasteiger partial charge in [0.2, 0.25) is 0 Å². The van der Waals surface area contributed by atoms with Gasteiger partial charge in [0.1, 0.15) is 5.60 Å². The first-order valence-electron chi connectivity index (χ1n) is 4.60. The van der Waals surface area contributed by atoms with Gasteiger partial charge in [-0.2, -0.15) is 0 Å². The van der Waals surface area contributed by atoms with Crippen molar-refractivity contribution in [2.45, 2.75) is 39.2 Å². The molecule has 0 atom stereocenters. The minimum atomic E-state index is -0.842. The van der Waals surface area contributed by atoms with E-state index in [2.05, 4.69) is 18.8 Å². The lowest BCUT2D eigenvalue weighted by molar-refractivity contribution is 0.0737. The minimum absolute atomic E-state index is 0.476. The molecule has 0 aliphatic carbocycles. The molecule has 2 heteroatoms. The van der Waals surface area contributed by atoms with E-state index < -0.39 is 5.60 Å². The van der Waals surface area contributed by atoms with Crippen LogP contribution in [0.25, 0.3) is 0 Å². The smallest absolute Gasteiger partial charge is 0.101 e. The van der Waals surface area contributed by atoms with Crippen LogP contribution in [0.2, 0.25) is 0 Å². The van der Waals surface area contributed by atoms with Gasteiger partial charge in [0, 0.05) is 6.20 Å². The maximum Gasteiger partial charge on any atom is 0.101 e. The average Bonchev–Trinajstić information content (AvgIpc) is 2.03. The quantitative estimate of drug-likeness (QED) is 0.756. The number of hydrogen-bond acceptors (Lipinski definition) is 2. The summed E-state index contributed by atoms with van der Waals surface area (Å²) in [4.78, 5) is 4.14. The predicted molar refractivity (Wildman–Crippen MR) is 53.6 cm³/mol. The van der Waals surface area contributed by atoms with E-state index in [1.54, 1.807) is 20.0 Å². The Labute approximate surface area is 79.6 Å². The van der Waals surface area contributed by atoms with E-state index in [1.165, 1.54) is 5.56 Å². The lowest BCUT2D eigenvalue weighted by atomic mass is 9.98. The van der Waals surface area contributed by atoms with Crippen molar-refractivity contribution in [3.8, 4) is 0 Å². The first kappa shape index (κ1) is 10.2. The second kappa shape index (κ2) is 3.46. The average molecular weight is 179 g/mol. The highest BCUT2D eigenvalue weighted by Gasteiger charge is 2.17. The molecule has 0 amide bonds. The molecule has 0 aliphatic rings. The Morgan fingerprint density at radius 1 is 1.38 bits per heavy atom. The monoisotopic (exact) mass is 179 g/mol. The van der Waals surface area contributed by atoms with Crippen molar-refractivity contribution < 1.29 is 5.11 Å². The number of pyridine rings is 1. The fourth-order valence-electron chi connectivity index (χ4n) is 1.14. The topological polar surface area (TPSA) is 33.1 Å². The van der Waals surface area contributed by atoms with Gasteiger partial charge in [-0.05, 0) is 37.5 Å². The summed E-state index contributed by atoms with van der Waals surface area (Å²) in [6, 6.07) is 3.95. The molecule has 0 aromatic carbocycles. The highest BCUT2D eigenvalue weighted by Crippen LogP contribution is 2.21. The standard InChI is InChI=1S/C11H17NO/c1-8(2)9-5-6-12-10(7-9)11(3,4)13/h5-8,13H,1-4H3. The van der Waals surface area contributed by atoms with Crippen molar-refractivity contribution in [1.82, 2.24) is 4.98 Å². The largest absolute Gasteiger partial charge is 0.384 e. The molecule has 1 aromatic heterocycles. The van der Waals surface area contributed by atoms with E-state index >= 15 is 0 Å². The maximum absolute atomic E-state index is 9.73. The molecule has 13 heavy (non-hydrogen) atoms. The number of nitrogens with zero attached hydrogens (tertiary/aromatic N) is 1. The summed E-state index contributed by atoms with van der Waals surface area (Å²) in [7, 11) is 0. The zero-order valence-corrected chi connectivity index (χ0v) is 8.70. The lowest BCUT2D eigenvalue weighted by Crippen LogP contribution is -2.17. The Hall–Kier alpha value is -0.890. The van der Waals surface area contributed by atoms with Crippen molar-refractivity contribution >= 4 is 0 Å².